The van der Waals surface area contributed by atoms with Gasteiger partial charge < -0.3 is 4.42 Å². The zero-order valence-electron chi connectivity index (χ0n) is 8.23. The first kappa shape index (κ1) is 8.68. The number of hydrogen-bond donors (Lipinski definition) is 0. The van der Waals surface area contributed by atoms with Crippen molar-refractivity contribution in [3.63, 3.8) is 0 Å². The van der Waals surface area contributed by atoms with Crippen molar-refractivity contribution in [3.05, 3.63) is 40.9 Å². The standard InChI is InChI=1S/C12H9NOS/c1-8-13-11-6-9(2-3-12(11)14-8)10-4-5-15-7-10/h2-7H,1H3. The lowest BCUT2D eigenvalue weighted by Gasteiger charge is -1.95. The number of oxazole rings is 1. The third-order valence-corrected chi connectivity index (χ3v) is 3.03. The number of thiophene rings is 1. The molecule has 0 aliphatic rings. The summed E-state index contributed by atoms with van der Waals surface area (Å²) in [5.74, 6) is 0.715. The van der Waals surface area contributed by atoms with Crippen LogP contribution in [0.15, 0.2) is 39.4 Å². The van der Waals surface area contributed by atoms with Gasteiger partial charge in [0.15, 0.2) is 11.5 Å². The molecule has 0 unspecified atom stereocenters. The highest BCUT2D eigenvalue weighted by molar-refractivity contribution is 7.08. The van der Waals surface area contributed by atoms with Gasteiger partial charge in [-0.1, -0.05) is 6.07 Å². The summed E-state index contributed by atoms with van der Waals surface area (Å²) in [6.45, 7) is 1.87. The van der Waals surface area contributed by atoms with Crippen molar-refractivity contribution in [1.29, 1.82) is 0 Å². The first-order valence-corrected chi connectivity index (χ1v) is 5.67. The summed E-state index contributed by atoms with van der Waals surface area (Å²) in [7, 11) is 0. The van der Waals surface area contributed by atoms with E-state index in [1.807, 2.05) is 13.0 Å². The Balaban J connectivity index is 2.21. The Kier molecular flexibility index (Phi) is 1.86. The Bertz CT molecular complexity index is 595. The van der Waals surface area contributed by atoms with Gasteiger partial charge in [0.1, 0.15) is 5.52 Å². The molecule has 2 heterocycles. The number of benzene rings is 1. The number of nitrogens with zero attached hydrogens (tertiary/aromatic N) is 1. The van der Waals surface area contributed by atoms with Crippen LogP contribution in [-0.2, 0) is 0 Å². The second-order valence-electron chi connectivity index (χ2n) is 3.43. The summed E-state index contributed by atoms with van der Waals surface area (Å²) in [5.41, 5.74) is 4.21. The first-order chi connectivity index (χ1) is 7.33. The molecule has 2 nitrogen and oxygen atoms in total. The molecule has 0 aliphatic carbocycles. The summed E-state index contributed by atoms with van der Waals surface area (Å²) >= 11 is 1.70. The third kappa shape index (κ3) is 1.45. The Morgan fingerprint density at radius 2 is 2.13 bits per heavy atom. The Morgan fingerprint density at radius 3 is 2.93 bits per heavy atom. The van der Waals surface area contributed by atoms with E-state index in [4.69, 9.17) is 4.42 Å². The van der Waals surface area contributed by atoms with Crippen molar-refractivity contribution in [2.24, 2.45) is 0 Å². The minimum Gasteiger partial charge on any atom is -0.441 e. The lowest BCUT2D eigenvalue weighted by atomic mass is 10.1. The van der Waals surface area contributed by atoms with E-state index in [9.17, 15) is 0 Å². The first-order valence-electron chi connectivity index (χ1n) is 4.73. The molecule has 2 aromatic heterocycles. The average molecular weight is 215 g/mol. The molecule has 3 heteroatoms. The summed E-state index contributed by atoms with van der Waals surface area (Å²) < 4.78 is 5.43. The van der Waals surface area contributed by atoms with Gasteiger partial charge >= 0.3 is 0 Å². The predicted octanol–water partition coefficient (Wildman–Crippen LogP) is 3.86. The lowest BCUT2D eigenvalue weighted by molar-refractivity contribution is 0.561. The molecule has 0 atom stereocenters. The summed E-state index contributed by atoms with van der Waals surface area (Å²) in [6, 6.07) is 8.21. The quantitative estimate of drug-likeness (QED) is 0.616. The van der Waals surface area contributed by atoms with Crippen molar-refractivity contribution >= 4 is 22.4 Å². The third-order valence-electron chi connectivity index (χ3n) is 2.35. The zero-order chi connectivity index (χ0) is 10.3. The Labute approximate surface area is 91.2 Å². The van der Waals surface area contributed by atoms with E-state index in [0.29, 0.717) is 5.89 Å². The van der Waals surface area contributed by atoms with E-state index >= 15 is 0 Å². The van der Waals surface area contributed by atoms with Crippen LogP contribution in [-0.4, -0.2) is 4.98 Å². The molecular weight excluding hydrogens is 206 g/mol. The highest BCUT2D eigenvalue weighted by Gasteiger charge is 2.04. The fraction of sp³-hybridized carbons (Fsp3) is 0.0833. The Hall–Kier alpha value is -1.61. The molecular formula is C12H9NOS. The van der Waals surface area contributed by atoms with E-state index in [1.54, 1.807) is 11.3 Å². The van der Waals surface area contributed by atoms with Crippen molar-refractivity contribution in [2.75, 3.05) is 0 Å². The highest BCUT2D eigenvalue weighted by Crippen LogP contribution is 2.26. The van der Waals surface area contributed by atoms with Crippen LogP contribution in [0.25, 0.3) is 22.2 Å². The van der Waals surface area contributed by atoms with Crippen LogP contribution < -0.4 is 0 Å². The monoisotopic (exact) mass is 215 g/mol. The van der Waals surface area contributed by atoms with Crippen molar-refractivity contribution < 1.29 is 4.42 Å². The molecule has 0 radical (unpaired) electrons. The fourth-order valence-corrected chi connectivity index (χ4v) is 2.32. The second kappa shape index (κ2) is 3.21. The maximum Gasteiger partial charge on any atom is 0.192 e. The van der Waals surface area contributed by atoms with E-state index in [2.05, 4.69) is 33.9 Å². The molecule has 0 saturated carbocycles. The number of fused-ring (bicyclic) bond motifs is 1. The highest BCUT2D eigenvalue weighted by atomic mass is 32.1. The molecule has 15 heavy (non-hydrogen) atoms. The van der Waals surface area contributed by atoms with Crippen LogP contribution >= 0.6 is 11.3 Å². The summed E-state index contributed by atoms with van der Waals surface area (Å²) in [4.78, 5) is 4.32. The molecule has 0 spiro atoms. The number of hydrogen-bond acceptors (Lipinski definition) is 3. The van der Waals surface area contributed by atoms with Gasteiger partial charge in [0.05, 0.1) is 0 Å². The van der Waals surface area contributed by atoms with Gasteiger partial charge in [-0.05, 0) is 40.1 Å². The summed E-state index contributed by atoms with van der Waals surface area (Å²) in [6.07, 6.45) is 0. The molecule has 0 aliphatic heterocycles. The van der Waals surface area contributed by atoms with Crippen molar-refractivity contribution in [3.8, 4) is 11.1 Å². The SMILES string of the molecule is Cc1nc2cc(-c3ccsc3)ccc2o1. The van der Waals surface area contributed by atoms with Gasteiger partial charge in [0.2, 0.25) is 0 Å². The van der Waals surface area contributed by atoms with Crippen molar-refractivity contribution in [1.82, 2.24) is 4.98 Å². The van der Waals surface area contributed by atoms with Gasteiger partial charge in [-0.3, -0.25) is 0 Å². The maximum absolute atomic E-state index is 5.43. The molecule has 0 saturated heterocycles. The number of aryl methyl sites for hydroxylation is 1. The van der Waals surface area contributed by atoms with Gasteiger partial charge in [-0.25, -0.2) is 4.98 Å². The largest absolute Gasteiger partial charge is 0.441 e. The second-order valence-corrected chi connectivity index (χ2v) is 4.21. The van der Waals surface area contributed by atoms with Crippen LogP contribution in [0.5, 0.6) is 0 Å². The maximum atomic E-state index is 5.43. The molecule has 3 rings (SSSR count). The molecule has 0 N–H and O–H groups in total. The Morgan fingerprint density at radius 1 is 1.20 bits per heavy atom. The molecule has 3 aromatic rings. The predicted molar refractivity (Wildman–Crippen MR) is 62.1 cm³/mol. The van der Waals surface area contributed by atoms with Crippen LogP contribution in [0.4, 0.5) is 0 Å². The van der Waals surface area contributed by atoms with Gasteiger partial charge in [0.25, 0.3) is 0 Å². The lowest BCUT2D eigenvalue weighted by Crippen LogP contribution is -1.74. The smallest absolute Gasteiger partial charge is 0.192 e. The van der Waals surface area contributed by atoms with E-state index in [1.165, 1.54) is 11.1 Å². The minimum absolute atomic E-state index is 0.715. The van der Waals surface area contributed by atoms with E-state index < -0.39 is 0 Å². The minimum atomic E-state index is 0.715. The number of rotatable bonds is 1. The number of aromatic nitrogens is 1. The topological polar surface area (TPSA) is 26.0 Å². The van der Waals surface area contributed by atoms with Crippen molar-refractivity contribution in [2.45, 2.75) is 6.92 Å². The average Bonchev–Trinajstić information content (AvgIpc) is 2.82. The van der Waals surface area contributed by atoms with Gasteiger partial charge in [-0.15, -0.1) is 0 Å². The summed E-state index contributed by atoms with van der Waals surface area (Å²) in [5, 5.41) is 4.21. The van der Waals surface area contributed by atoms with E-state index in [-0.39, 0.29) is 0 Å². The molecule has 1 aromatic carbocycles. The van der Waals surface area contributed by atoms with Crippen LogP contribution in [0.3, 0.4) is 0 Å². The zero-order valence-corrected chi connectivity index (χ0v) is 9.04. The van der Waals surface area contributed by atoms with Gasteiger partial charge in [0, 0.05) is 6.92 Å². The molecule has 0 bridgehead atoms. The molecule has 0 fully saturated rings. The van der Waals surface area contributed by atoms with E-state index in [0.717, 1.165) is 11.1 Å². The molecule has 0 amide bonds. The van der Waals surface area contributed by atoms with Crippen LogP contribution in [0.1, 0.15) is 5.89 Å². The normalized spacial score (nSPS) is 11.0. The fourth-order valence-electron chi connectivity index (χ4n) is 1.65. The molecule has 74 valence electrons. The van der Waals surface area contributed by atoms with Crippen LogP contribution in [0.2, 0.25) is 0 Å². The van der Waals surface area contributed by atoms with Gasteiger partial charge in [-0.2, -0.15) is 11.3 Å². The van der Waals surface area contributed by atoms with Crippen LogP contribution in [0, 0.1) is 6.92 Å².